The summed E-state index contributed by atoms with van der Waals surface area (Å²) in [6, 6.07) is 0. The maximum Gasteiger partial charge on any atom is 0.341 e. The average Bonchev–Trinajstić information content (AvgIpc) is 2.34. The first-order valence-corrected chi connectivity index (χ1v) is 8.20. The standard InChI is InChI=1S/C17H33FO2/c1-5-7-9-11-13-16(3,12-10-8-6-2)14-17(4,18)15(19)20/h5-14H2,1-4H3,(H,19,20). The number of carboxylic acid groups (broad SMARTS) is 1. The van der Waals surface area contributed by atoms with Crippen LogP contribution in [0.2, 0.25) is 0 Å². The monoisotopic (exact) mass is 288 g/mol. The minimum Gasteiger partial charge on any atom is -0.479 e. The van der Waals surface area contributed by atoms with Crippen LogP contribution in [0.5, 0.6) is 0 Å². The first-order chi connectivity index (χ1) is 9.27. The fourth-order valence-electron chi connectivity index (χ4n) is 2.96. The third kappa shape index (κ3) is 7.86. The minimum atomic E-state index is -2.11. The van der Waals surface area contributed by atoms with Crippen LogP contribution in [-0.4, -0.2) is 16.7 Å². The van der Waals surface area contributed by atoms with Gasteiger partial charge in [0, 0.05) is 0 Å². The van der Waals surface area contributed by atoms with E-state index in [-0.39, 0.29) is 11.8 Å². The zero-order valence-electron chi connectivity index (χ0n) is 13.8. The maximum absolute atomic E-state index is 14.2. The summed E-state index contributed by atoms with van der Waals surface area (Å²) >= 11 is 0. The van der Waals surface area contributed by atoms with Crippen molar-refractivity contribution in [3.8, 4) is 0 Å². The SMILES string of the molecule is CCCCCCC(C)(CCCCC)CC(C)(F)C(=O)O. The number of hydrogen-bond acceptors (Lipinski definition) is 1. The molecule has 1 N–H and O–H groups in total. The van der Waals surface area contributed by atoms with Crippen LogP contribution in [0.25, 0.3) is 0 Å². The van der Waals surface area contributed by atoms with Gasteiger partial charge in [0.1, 0.15) is 0 Å². The van der Waals surface area contributed by atoms with Crippen molar-refractivity contribution >= 4 is 5.97 Å². The summed E-state index contributed by atoms with van der Waals surface area (Å²) in [6.45, 7) is 7.59. The van der Waals surface area contributed by atoms with Crippen LogP contribution in [0.4, 0.5) is 4.39 Å². The first-order valence-electron chi connectivity index (χ1n) is 8.20. The molecular weight excluding hydrogens is 255 g/mol. The van der Waals surface area contributed by atoms with E-state index in [2.05, 4.69) is 20.8 Å². The Morgan fingerprint density at radius 2 is 1.40 bits per heavy atom. The van der Waals surface area contributed by atoms with Gasteiger partial charge in [-0.15, -0.1) is 0 Å². The molecule has 20 heavy (non-hydrogen) atoms. The second kappa shape index (κ2) is 9.36. The Morgan fingerprint density at radius 1 is 0.950 bits per heavy atom. The second-order valence-electron chi connectivity index (χ2n) is 6.76. The third-order valence-electron chi connectivity index (χ3n) is 4.22. The lowest BCUT2D eigenvalue weighted by atomic mass is 9.73. The molecule has 0 saturated carbocycles. The molecule has 2 atom stereocenters. The van der Waals surface area contributed by atoms with E-state index in [4.69, 9.17) is 5.11 Å². The molecule has 0 aliphatic heterocycles. The summed E-state index contributed by atoms with van der Waals surface area (Å²) in [6.07, 6.45) is 9.96. The fraction of sp³-hybridized carbons (Fsp3) is 0.941. The summed E-state index contributed by atoms with van der Waals surface area (Å²) in [4.78, 5) is 11.0. The van der Waals surface area contributed by atoms with Crippen molar-refractivity contribution in [2.24, 2.45) is 5.41 Å². The topological polar surface area (TPSA) is 37.3 Å². The molecule has 120 valence electrons. The fourth-order valence-corrected chi connectivity index (χ4v) is 2.96. The van der Waals surface area contributed by atoms with E-state index in [1.54, 1.807) is 0 Å². The third-order valence-corrected chi connectivity index (χ3v) is 4.22. The van der Waals surface area contributed by atoms with Gasteiger partial charge in [0.15, 0.2) is 0 Å². The molecule has 0 aromatic carbocycles. The first kappa shape index (κ1) is 19.4. The Labute approximate surface area is 124 Å². The molecule has 0 aromatic heterocycles. The molecule has 0 rings (SSSR count). The molecule has 0 aliphatic carbocycles. The normalized spacial score (nSPS) is 17.4. The van der Waals surface area contributed by atoms with E-state index in [0.29, 0.717) is 0 Å². The molecule has 0 bridgehead atoms. The van der Waals surface area contributed by atoms with Crippen molar-refractivity contribution in [1.82, 2.24) is 0 Å². The molecule has 0 aliphatic rings. The van der Waals surface area contributed by atoms with E-state index in [0.717, 1.165) is 44.9 Å². The van der Waals surface area contributed by atoms with Gasteiger partial charge in [0.05, 0.1) is 0 Å². The Bertz CT molecular complexity index is 276. The predicted octanol–water partition coefficient (Wildman–Crippen LogP) is 5.75. The molecule has 2 nitrogen and oxygen atoms in total. The van der Waals surface area contributed by atoms with E-state index in [1.165, 1.54) is 19.8 Å². The predicted molar refractivity (Wildman–Crippen MR) is 82.8 cm³/mol. The van der Waals surface area contributed by atoms with Gasteiger partial charge in [-0.05, 0) is 31.6 Å². The molecular formula is C17H33FO2. The lowest BCUT2D eigenvalue weighted by Crippen LogP contribution is -2.36. The average molecular weight is 288 g/mol. The highest BCUT2D eigenvalue weighted by atomic mass is 19.1. The van der Waals surface area contributed by atoms with Gasteiger partial charge >= 0.3 is 5.97 Å². The van der Waals surface area contributed by atoms with Gasteiger partial charge in [-0.3, -0.25) is 0 Å². The van der Waals surface area contributed by atoms with Crippen LogP contribution >= 0.6 is 0 Å². The summed E-state index contributed by atoms with van der Waals surface area (Å²) in [7, 11) is 0. The molecule has 0 spiro atoms. The molecule has 2 unspecified atom stereocenters. The highest BCUT2D eigenvalue weighted by molar-refractivity contribution is 5.76. The van der Waals surface area contributed by atoms with Crippen LogP contribution in [-0.2, 0) is 4.79 Å². The van der Waals surface area contributed by atoms with Crippen LogP contribution in [0.15, 0.2) is 0 Å². The van der Waals surface area contributed by atoms with E-state index in [1.807, 2.05) is 0 Å². The van der Waals surface area contributed by atoms with Crippen LogP contribution in [0.3, 0.4) is 0 Å². The lowest BCUT2D eigenvalue weighted by molar-refractivity contribution is -0.152. The maximum atomic E-state index is 14.2. The van der Waals surface area contributed by atoms with E-state index in [9.17, 15) is 9.18 Å². The second-order valence-corrected chi connectivity index (χ2v) is 6.76. The largest absolute Gasteiger partial charge is 0.479 e. The zero-order chi connectivity index (χ0) is 15.6. The highest BCUT2D eigenvalue weighted by Gasteiger charge is 2.40. The number of unbranched alkanes of at least 4 members (excludes halogenated alkanes) is 5. The number of hydrogen-bond donors (Lipinski definition) is 1. The molecule has 0 fully saturated rings. The Morgan fingerprint density at radius 3 is 1.85 bits per heavy atom. The number of rotatable bonds is 12. The summed E-state index contributed by atoms with van der Waals surface area (Å²) in [5.41, 5.74) is -2.30. The van der Waals surface area contributed by atoms with Crippen LogP contribution in [0.1, 0.15) is 91.9 Å². The number of carboxylic acids is 1. The van der Waals surface area contributed by atoms with Crippen molar-refractivity contribution < 1.29 is 14.3 Å². The van der Waals surface area contributed by atoms with Gasteiger partial charge in [-0.25, -0.2) is 9.18 Å². The molecule has 3 heteroatoms. The van der Waals surface area contributed by atoms with Crippen molar-refractivity contribution in [1.29, 1.82) is 0 Å². The Kier molecular flexibility index (Phi) is 9.08. The number of aliphatic carboxylic acids is 1. The van der Waals surface area contributed by atoms with Gasteiger partial charge < -0.3 is 5.11 Å². The molecule has 0 heterocycles. The Hall–Kier alpha value is -0.600. The quantitative estimate of drug-likeness (QED) is 0.464. The van der Waals surface area contributed by atoms with Crippen LogP contribution in [0, 0.1) is 5.41 Å². The van der Waals surface area contributed by atoms with Gasteiger partial charge in [0.25, 0.3) is 0 Å². The summed E-state index contributed by atoms with van der Waals surface area (Å²) in [5.74, 6) is -1.33. The van der Waals surface area contributed by atoms with Crippen molar-refractivity contribution in [2.75, 3.05) is 0 Å². The van der Waals surface area contributed by atoms with Crippen molar-refractivity contribution in [2.45, 2.75) is 97.6 Å². The van der Waals surface area contributed by atoms with Gasteiger partial charge in [-0.1, -0.05) is 65.7 Å². The molecule has 0 radical (unpaired) electrons. The highest BCUT2D eigenvalue weighted by Crippen LogP contribution is 2.40. The van der Waals surface area contributed by atoms with Crippen molar-refractivity contribution in [3.63, 3.8) is 0 Å². The molecule has 0 amide bonds. The van der Waals surface area contributed by atoms with Gasteiger partial charge in [0.2, 0.25) is 5.67 Å². The summed E-state index contributed by atoms with van der Waals surface area (Å²) < 4.78 is 14.2. The van der Waals surface area contributed by atoms with Crippen molar-refractivity contribution in [3.05, 3.63) is 0 Å². The number of carbonyl (C=O) groups is 1. The minimum absolute atomic E-state index is 0.130. The molecule has 0 aromatic rings. The molecule has 0 saturated heterocycles. The zero-order valence-corrected chi connectivity index (χ0v) is 13.8. The van der Waals surface area contributed by atoms with E-state index < -0.39 is 11.6 Å². The number of alkyl halides is 1. The van der Waals surface area contributed by atoms with E-state index >= 15 is 0 Å². The Balaban J connectivity index is 4.55. The van der Waals surface area contributed by atoms with Gasteiger partial charge in [-0.2, -0.15) is 0 Å². The smallest absolute Gasteiger partial charge is 0.341 e. The van der Waals surface area contributed by atoms with Crippen LogP contribution < -0.4 is 0 Å². The lowest BCUT2D eigenvalue weighted by Gasteiger charge is -2.34. The summed E-state index contributed by atoms with van der Waals surface area (Å²) in [5, 5.41) is 9.01. The number of halogens is 1.